The molecule has 1 aliphatic heterocycles. The topological polar surface area (TPSA) is 78.4 Å². The Morgan fingerprint density at radius 2 is 1.81 bits per heavy atom. The Morgan fingerprint density at radius 1 is 1.11 bits per heavy atom. The Balaban J connectivity index is 1.78. The van der Waals surface area contributed by atoms with E-state index >= 15 is 0 Å². The van der Waals surface area contributed by atoms with E-state index in [4.69, 9.17) is 11.6 Å². The number of nitrogens with zero attached hydrogens (tertiary/aromatic N) is 4. The van der Waals surface area contributed by atoms with Crippen LogP contribution in [0.25, 0.3) is 0 Å². The molecule has 1 saturated heterocycles. The van der Waals surface area contributed by atoms with Gasteiger partial charge in [0.05, 0.1) is 0 Å². The van der Waals surface area contributed by atoms with Gasteiger partial charge in [-0.25, -0.2) is 9.97 Å². The monoisotopic (exact) mass is 387 g/mol. The van der Waals surface area contributed by atoms with Crippen LogP contribution in [-0.4, -0.2) is 52.9 Å². The van der Waals surface area contributed by atoms with Crippen LogP contribution in [0.15, 0.2) is 24.3 Å². The second-order valence-corrected chi connectivity index (χ2v) is 6.96. The number of hydrogen-bond acceptors (Lipinski definition) is 5. The molecular formula is C19H22ClN5O2. The Labute approximate surface area is 163 Å². The van der Waals surface area contributed by atoms with E-state index in [1.165, 1.54) is 0 Å². The normalized spacial score (nSPS) is 14.2. The maximum absolute atomic E-state index is 12.7. The number of amides is 2. The second-order valence-electron chi connectivity index (χ2n) is 6.55. The van der Waals surface area contributed by atoms with Crippen LogP contribution in [0.1, 0.15) is 28.7 Å². The van der Waals surface area contributed by atoms with Crippen molar-refractivity contribution in [1.29, 1.82) is 0 Å². The lowest BCUT2D eigenvalue weighted by atomic mass is 10.2. The van der Waals surface area contributed by atoms with E-state index < -0.39 is 0 Å². The first-order valence-corrected chi connectivity index (χ1v) is 9.15. The van der Waals surface area contributed by atoms with Crippen LogP contribution < -0.4 is 10.2 Å². The first-order chi connectivity index (χ1) is 12.8. The van der Waals surface area contributed by atoms with Crippen LogP contribution in [0.3, 0.4) is 0 Å². The van der Waals surface area contributed by atoms with E-state index in [0.29, 0.717) is 54.2 Å². The van der Waals surface area contributed by atoms with Crippen LogP contribution in [-0.2, 0) is 4.79 Å². The van der Waals surface area contributed by atoms with Crippen LogP contribution in [0.4, 0.5) is 11.6 Å². The molecule has 2 heterocycles. The van der Waals surface area contributed by atoms with E-state index in [9.17, 15) is 9.59 Å². The molecule has 1 fully saturated rings. The molecule has 27 heavy (non-hydrogen) atoms. The summed E-state index contributed by atoms with van der Waals surface area (Å²) in [5.41, 5.74) is 2.46. The largest absolute Gasteiger partial charge is 0.339 e. The maximum atomic E-state index is 12.7. The number of carbonyl (C=O) groups is 2. The minimum Gasteiger partial charge on any atom is -0.339 e. The summed E-state index contributed by atoms with van der Waals surface area (Å²) in [6, 6.07) is 7.02. The van der Waals surface area contributed by atoms with Crippen molar-refractivity contribution in [3.63, 3.8) is 0 Å². The summed E-state index contributed by atoms with van der Waals surface area (Å²) in [6.07, 6.45) is 0. The van der Waals surface area contributed by atoms with Gasteiger partial charge in [0.15, 0.2) is 0 Å². The third-order valence-electron chi connectivity index (χ3n) is 4.60. The Kier molecular flexibility index (Phi) is 5.60. The minimum absolute atomic E-state index is 0.0665. The summed E-state index contributed by atoms with van der Waals surface area (Å²) < 4.78 is 0. The van der Waals surface area contributed by atoms with Gasteiger partial charge in [0.1, 0.15) is 5.69 Å². The van der Waals surface area contributed by atoms with Gasteiger partial charge in [-0.3, -0.25) is 9.59 Å². The lowest BCUT2D eigenvalue weighted by molar-refractivity contribution is -0.129. The van der Waals surface area contributed by atoms with Gasteiger partial charge < -0.3 is 15.1 Å². The molecule has 0 radical (unpaired) electrons. The van der Waals surface area contributed by atoms with Crippen LogP contribution >= 0.6 is 11.6 Å². The minimum atomic E-state index is -0.311. The molecule has 1 aromatic heterocycles. The van der Waals surface area contributed by atoms with Crippen molar-refractivity contribution in [3.05, 3.63) is 46.2 Å². The number of carbonyl (C=O) groups excluding carboxylic acids is 2. The number of aromatic nitrogens is 2. The van der Waals surface area contributed by atoms with E-state index in [2.05, 4.69) is 15.3 Å². The molecule has 0 atom stereocenters. The third-order valence-corrected chi connectivity index (χ3v) is 5.01. The summed E-state index contributed by atoms with van der Waals surface area (Å²) in [5.74, 6) is 0.262. The molecule has 0 spiro atoms. The average Bonchev–Trinajstić information content (AvgIpc) is 2.65. The number of anilines is 2. The van der Waals surface area contributed by atoms with Gasteiger partial charge in [-0.1, -0.05) is 17.7 Å². The van der Waals surface area contributed by atoms with Gasteiger partial charge in [0.25, 0.3) is 5.91 Å². The SMILES string of the molecule is CC(=O)N1CCN(c2nc(C)cc(C(=O)Nc3cccc(Cl)c3C)n2)CC1. The first-order valence-electron chi connectivity index (χ1n) is 8.78. The van der Waals surface area contributed by atoms with E-state index in [1.54, 1.807) is 36.1 Å². The highest BCUT2D eigenvalue weighted by Crippen LogP contribution is 2.23. The zero-order valence-corrected chi connectivity index (χ0v) is 16.4. The number of piperazine rings is 1. The van der Waals surface area contributed by atoms with E-state index in [0.717, 1.165) is 5.56 Å². The number of nitrogens with one attached hydrogen (secondary N) is 1. The molecule has 0 aliphatic carbocycles. The molecule has 0 bridgehead atoms. The molecule has 7 nitrogen and oxygen atoms in total. The van der Waals surface area contributed by atoms with Crippen molar-refractivity contribution in [2.45, 2.75) is 20.8 Å². The molecule has 1 aliphatic rings. The quantitative estimate of drug-likeness (QED) is 0.875. The van der Waals surface area contributed by atoms with Crippen molar-refractivity contribution < 1.29 is 9.59 Å². The summed E-state index contributed by atoms with van der Waals surface area (Å²) in [5, 5.41) is 3.45. The molecular weight excluding hydrogens is 366 g/mol. The summed E-state index contributed by atoms with van der Waals surface area (Å²) >= 11 is 6.12. The maximum Gasteiger partial charge on any atom is 0.274 e. The van der Waals surface area contributed by atoms with Crippen molar-refractivity contribution in [3.8, 4) is 0 Å². The lowest BCUT2D eigenvalue weighted by Crippen LogP contribution is -2.48. The summed E-state index contributed by atoms with van der Waals surface area (Å²) in [7, 11) is 0. The Morgan fingerprint density at radius 3 is 2.48 bits per heavy atom. The van der Waals surface area contributed by atoms with Gasteiger partial charge in [-0.15, -0.1) is 0 Å². The van der Waals surface area contributed by atoms with E-state index in [-0.39, 0.29) is 11.8 Å². The predicted octanol–water partition coefficient (Wildman–Crippen LogP) is 2.67. The zero-order valence-electron chi connectivity index (χ0n) is 15.6. The Hall–Kier alpha value is -2.67. The van der Waals surface area contributed by atoms with Gasteiger partial charge in [0.2, 0.25) is 11.9 Å². The molecule has 1 aromatic carbocycles. The van der Waals surface area contributed by atoms with Gasteiger partial charge in [0, 0.05) is 49.5 Å². The zero-order chi connectivity index (χ0) is 19.6. The fourth-order valence-corrected chi connectivity index (χ4v) is 3.14. The number of benzene rings is 1. The third kappa shape index (κ3) is 4.36. The van der Waals surface area contributed by atoms with Crippen molar-refractivity contribution in [1.82, 2.24) is 14.9 Å². The highest BCUT2D eigenvalue weighted by atomic mass is 35.5. The van der Waals surface area contributed by atoms with Crippen molar-refractivity contribution >= 4 is 35.1 Å². The van der Waals surface area contributed by atoms with Crippen LogP contribution in [0.5, 0.6) is 0 Å². The van der Waals surface area contributed by atoms with Gasteiger partial charge in [-0.05, 0) is 37.6 Å². The molecule has 1 N–H and O–H groups in total. The molecule has 3 rings (SSSR count). The smallest absolute Gasteiger partial charge is 0.274 e. The summed E-state index contributed by atoms with van der Waals surface area (Å²) in [6.45, 7) is 7.77. The number of aryl methyl sites for hydroxylation is 1. The molecule has 2 aromatic rings. The molecule has 2 amide bonds. The number of halogens is 1. The van der Waals surface area contributed by atoms with Gasteiger partial charge in [-0.2, -0.15) is 0 Å². The molecule has 8 heteroatoms. The highest BCUT2D eigenvalue weighted by Gasteiger charge is 2.22. The fourth-order valence-electron chi connectivity index (χ4n) is 2.96. The van der Waals surface area contributed by atoms with Crippen molar-refractivity contribution in [2.24, 2.45) is 0 Å². The summed E-state index contributed by atoms with van der Waals surface area (Å²) in [4.78, 5) is 36.9. The van der Waals surface area contributed by atoms with Crippen LogP contribution in [0.2, 0.25) is 5.02 Å². The number of hydrogen-bond donors (Lipinski definition) is 1. The standard InChI is InChI=1S/C19H22ClN5O2/c1-12-11-17(18(27)22-16-6-4-5-15(20)13(16)2)23-19(21-12)25-9-7-24(8-10-25)14(3)26/h4-6,11H,7-10H2,1-3H3,(H,22,27). The Bertz CT molecular complexity index is 878. The number of rotatable bonds is 3. The average molecular weight is 388 g/mol. The molecule has 142 valence electrons. The second kappa shape index (κ2) is 7.92. The predicted molar refractivity (Wildman–Crippen MR) is 105 cm³/mol. The molecule has 0 saturated carbocycles. The highest BCUT2D eigenvalue weighted by molar-refractivity contribution is 6.31. The van der Waals surface area contributed by atoms with E-state index in [1.807, 2.05) is 18.7 Å². The van der Waals surface area contributed by atoms with Gasteiger partial charge >= 0.3 is 0 Å². The van der Waals surface area contributed by atoms with Crippen LogP contribution in [0, 0.1) is 13.8 Å². The molecule has 0 unspecified atom stereocenters. The fraction of sp³-hybridized carbons (Fsp3) is 0.368. The lowest BCUT2D eigenvalue weighted by Gasteiger charge is -2.34. The first kappa shape index (κ1) is 19.1. The van der Waals surface area contributed by atoms with Crippen molar-refractivity contribution in [2.75, 3.05) is 36.4 Å².